The van der Waals surface area contributed by atoms with E-state index >= 15 is 0 Å². The second-order valence-electron chi connectivity index (χ2n) is 4.78. The number of aliphatic hydroxyl groups is 1. The summed E-state index contributed by atoms with van der Waals surface area (Å²) in [6, 6.07) is 9.57. The molecule has 2 N–H and O–H groups in total. The number of rotatable bonds is 5. The molecule has 23 heavy (non-hydrogen) atoms. The van der Waals surface area contributed by atoms with Gasteiger partial charge in [-0.25, -0.2) is 8.78 Å². The van der Waals surface area contributed by atoms with Gasteiger partial charge in [-0.15, -0.1) is 15.3 Å². The van der Waals surface area contributed by atoms with E-state index in [1.54, 1.807) is 30.3 Å². The van der Waals surface area contributed by atoms with Crippen molar-refractivity contribution in [3.05, 3.63) is 52.8 Å². The van der Waals surface area contributed by atoms with Gasteiger partial charge in [-0.05, 0) is 29.8 Å². The molecule has 2 aromatic heterocycles. The summed E-state index contributed by atoms with van der Waals surface area (Å²) in [5.74, 6) is -0.219. The van der Waals surface area contributed by atoms with Gasteiger partial charge in [-0.2, -0.15) is 4.52 Å². The quantitative estimate of drug-likeness (QED) is 0.747. The van der Waals surface area contributed by atoms with E-state index in [1.165, 1.54) is 6.07 Å². The van der Waals surface area contributed by atoms with E-state index in [0.29, 0.717) is 10.8 Å². The zero-order valence-electron chi connectivity index (χ0n) is 11.7. The molecule has 0 saturated carbocycles. The molecule has 0 saturated heterocycles. The van der Waals surface area contributed by atoms with Crippen molar-refractivity contribution in [1.29, 1.82) is 0 Å². The van der Waals surface area contributed by atoms with Gasteiger partial charge < -0.3 is 10.4 Å². The zero-order chi connectivity index (χ0) is 16.4. The predicted molar refractivity (Wildman–Crippen MR) is 80.6 cm³/mol. The van der Waals surface area contributed by atoms with Crippen LogP contribution < -0.4 is 5.32 Å². The molecule has 0 bridgehead atoms. The molecular formula is C14H12ClF2N5O. The smallest absolute Gasteiger partial charge is 0.299 e. The highest BCUT2D eigenvalue weighted by molar-refractivity contribution is 6.30. The summed E-state index contributed by atoms with van der Waals surface area (Å²) in [7, 11) is 0. The molecule has 120 valence electrons. The maximum absolute atomic E-state index is 12.9. The predicted octanol–water partition coefficient (Wildman–Crippen LogP) is 2.86. The Bertz CT molecular complexity index is 809. The Labute approximate surface area is 134 Å². The lowest BCUT2D eigenvalue weighted by Gasteiger charge is -2.17. The molecule has 6 nitrogen and oxygen atoms in total. The fourth-order valence-electron chi connectivity index (χ4n) is 2.13. The first kappa shape index (κ1) is 15.6. The lowest BCUT2D eigenvalue weighted by molar-refractivity contribution is 0.137. The van der Waals surface area contributed by atoms with Crippen molar-refractivity contribution in [2.75, 3.05) is 11.9 Å². The topological polar surface area (TPSA) is 75.3 Å². The first-order valence-electron chi connectivity index (χ1n) is 6.72. The summed E-state index contributed by atoms with van der Waals surface area (Å²) in [4.78, 5) is 0. The molecule has 0 aliphatic rings. The van der Waals surface area contributed by atoms with Gasteiger partial charge in [0, 0.05) is 5.02 Å². The molecule has 3 aromatic rings. The number of alkyl halides is 2. The van der Waals surface area contributed by atoms with Crippen LogP contribution in [0.15, 0.2) is 36.4 Å². The Balaban J connectivity index is 1.90. The number of halogens is 3. The lowest BCUT2D eigenvalue weighted by atomic mass is 10.1. The van der Waals surface area contributed by atoms with Crippen molar-refractivity contribution < 1.29 is 13.9 Å². The van der Waals surface area contributed by atoms with Gasteiger partial charge in [0.05, 0.1) is 12.6 Å². The summed E-state index contributed by atoms with van der Waals surface area (Å²) in [6.07, 6.45) is -2.78. The van der Waals surface area contributed by atoms with Gasteiger partial charge >= 0.3 is 0 Å². The lowest BCUT2D eigenvalue weighted by Crippen LogP contribution is -2.16. The van der Waals surface area contributed by atoms with Crippen molar-refractivity contribution in [1.82, 2.24) is 19.8 Å². The van der Waals surface area contributed by atoms with Gasteiger partial charge in [0.15, 0.2) is 5.65 Å². The first-order chi connectivity index (χ1) is 11.1. The third-order valence-corrected chi connectivity index (χ3v) is 3.51. The number of aliphatic hydroxyl groups excluding tert-OH is 1. The molecule has 0 fully saturated rings. The van der Waals surface area contributed by atoms with Gasteiger partial charge in [-0.3, -0.25) is 0 Å². The summed E-state index contributed by atoms with van der Waals surface area (Å²) < 4.78 is 26.7. The minimum absolute atomic E-state index is 0.203. The van der Waals surface area contributed by atoms with E-state index in [4.69, 9.17) is 11.6 Å². The third-order valence-electron chi connectivity index (χ3n) is 3.26. The Kier molecular flexibility index (Phi) is 4.35. The fourth-order valence-corrected chi connectivity index (χ4v) is 2.25. The molecular weight excluding hydrogens is 328 g/mol. The molecule has 9 heteroatoms. The fraction of sp³-hybridized carbons (Fsp3) is 0.214. The first-order valence-corrected chi connectivity index (χ1v) is 7.09. The van der Waals surface area contributed by atoms with Crippen molar-refractivity contribution in [3.63, 3.8) is 0 Å². The van der Waals surface area contributed by atoms with Crippen LogP contribution in [0.5, 0.6) is 0 Å². The summed E-state index contributed by atoms with van der Waals surface area (Å²) >= 11 is 5.84. The highest BCUT2D eigenvalue weighted by Crippen LogP contribution is 2.22. The molecule has 1 unspecified atom stereocenters. The summed E-state index contributed by atoms with van der Waals surface area (Å²) in [5, 5.41) is 24.2. The van der Waals surface area contributed by atoms with Gasteiger partial charge in [0.2, 0.25) is 5.82 Å². The number of benzene rings is 1. The second kappa shape index (κ2) is 6.43. The number of nitrogens with zero attached hydrogens (tertiary/aromatic N) is 4. The normalized spacial score (nSPS) is 12.7. The third kappa shape index (κ3) is 3.22. The summed E-state index contributed by atoms with van der Waals surface area (Å²) in [5.41, 5.74) is 1.01. The average Bonchev–Trinajstić information content (AvgIpc) is 2.97. The second-order valence-corrected chi connectivity index (χ2v) is 5.21. The average molecular weight is 340 g/mol. The molecule has 0 amide bonds. The number of anilines is 1. The molecule has 3 rings (SSSR count). The number of nitrogens with one attached hydrogen (secondary N) is 1. The number of hydrogen-bond acceptors (Lipinski definition) is 5. The van der Waals surface area contributed by atoms with Gasteiger partial charge in [0.1, 0.15) is 5.82 Å². The number of hydrogen-bond donors (Lipinski definition) is 2. The van der Waals surface area contributed by atoms with Crippen LogP contribution in [0, 0.1) is 0 Å². The molecule has 1 atom stereocenters. The van der Waals surface area contributed by atoms with Gasteiger partial charge in [-0.1, -0.05) is 23.7 Å². The van der Waals surface area contributed by atoms with Crippen LogP contribution in [0.2, 0.25) is 5.02 Å². The van der Waals surface area contributed by atoms with Crippen LogP contribution in [0.1, 0.15) is 23.9 Å². The Morgan fingerprint density at radius 1 is 1.13 bits per heavy atom. The van der Waals surface area contributed by atoms with E-state index in [1.807, 2.05) is 0 Å². The van der Waals surface area contributed by atoms with Crippen LogP contribution in [-0.2, 0) is 0 Å². The molecule has 0 radical (unpaired) electrons. The zero-order valence-corrected chi connectivity index (χ0v) is 12.5. The number of fused-ring (bicyclic) bond motifs is 1. The molecule has 2 heterocycles. The van der Waals surface area contributed by atoms with E-state index < -0.39 is 18.3 Å². The van der Waals surface area contributed by atoms with Crippen LogP contribution in [-0.4, -0.2) is 31.5 Å². The van der Waals surface area contributed by atoms with Crippen molar-refractivity contribution in [2.45, 2.75) is 12.5 Å². The molecule has 1 aromatic carbocycles. The maximum Gasteiger partial charge on any atom is 0.299 e. The van der Waals surface area contributed by atoms with Crippen molar-refractivity contribution in [2.24, 2.45) is 0 Å². The Hall–Kier alpha value is -2.32. The Morgan fingerprint density at radius 3 is 2.52 bits per heavy atom. The molecule has 0 spiro atoms. The number of aromatic nitrogens is 4. The van der Waals surface area contributed by atoms with E-state index in [-0.39, 0.29) is 12.3 Å². The molecule has 0 aliphatic carbocycles. The largest absolute Gasteiger partial charge is 0.394 e. The van der Waals surface area contributed by atoms with Crippen LogP contribution >= 0.6 is 11.6 Å². The minimum atomic E-state index is -2.78. The van der Waals surface area contributed by atoms with E-state index in [0.717, 1.165) is 10.1 Å². The molecule has 0 aliphatic heterocycles. The summed E-state index contributed by atoms with van der Waals surface area (Å²) in [6.45, 7) is -0.203. The van der Waals surface area contributed by atoms with Crippen molar-refractivity contribution in [3.8, 4) is 0 Å². The van der Waals surface area contributed by atoms with Crippen LogP contribution in [0.3, 0.4) is 0 Å². The SMILES string of the molecule is OCC(Nc1ccc2nnc(C(F)F)n2n1)c1ccc(Cl)cc1. The van der Waals surface area contributed by atoms with Crippen molar-refractivity contribution >= 4 is 23.1 Å². The van der Waals surface area contributed by atoms with Crippen LogP contribution in [0.4, 0.5) is 14.6 Å². The maximum atomic E-state index is 12.9. The van der Waals surface area contributed by atoms with Crippen LogP contribution in [0.25, 0.3) is 5.65 Å². The highest BCUT2D eigenvalue weighted by atomic mass is 35.5. The Morgan fingerprint density at radius 2 is 1.87 bits per heavy atom. The highest BCUT2D eigenvalue weighted by Gasteiger charge is 2.18. The standard InChI is InChI=1S/C14H12ClF2N5O/c15-9-3-1-8(2-4-9)10(7-23)18-11-5-6-12-19-20-14(13(16)17)22(12)21-11/h1-6,10,13,23H,7H2,(H,18,21). The monoisotopic (exact) mass is 339 g/mol. The van der Waals surface area contributed by atoms with Gasteiger partial charge in [0.25, 0.3) is 6.43 Å². The minimum Gasteiger partial charge on any atom is -0.394 e. The van der Waals surface area contributed by atoms with E-state index in [2.05, 4.69) is 20.6 Å². The van der Waals surface area contributed by atoms with E-state index in [9.17, 15) is 13.9 Å².